The summed E-state index contributed by atoms with van der Waals surface area (Å²) in [6.45, 7) is 5.70. The van der Waals surface area contributed by atoms with E-state index in [4.69, 9.17) is 27.9 Å². The van der Waals surface area contributed by atoms with Crippen molar-refractivity contribution in [2.45, 2.75) is 45.3 Å². The first-order chi connectivity index (χ1) is 16.6. The quantitative estimate of drug-likeness (QED) is 0.386. The fourth-order valence-corrected chi connectivity index (χ4v) is 4.02. The van der Waals surface area contributed by atoms with Crippen LogP contribution in [0.1, 0.15) is 31.9 Å². The van der Waals surface area contributed by atoms with Crippen molar-refractivity contribution in [1.82, 2.24) is 10.2 Å². The molecule has 1 N–H and O–H groups in total. The number of hydrogen-bond acceptors (Lipinski definition) is 3. The van der Waals surface area contributed by atoms with Crippen LogP contribution in [0.3, 0.4) is 0 Å². The Hall–Kier alpha value is -3.02. The van der Waals surface area contributed by atoms with Crippen molar-refractivity contribution in [3.8, 4) is 5.75 Å². The molecule has 0 aliphatic carbocycles. The Bertz CT molecular complexity index is 1150. The highest BCUT2D eigenvalue weighted by Gasteiger charge is 2.32. The zero-order valence-corrected chi connectivity index (χ0v) is 21.6. The van der Waals surface area contributed by atoms with Crippen LogP contribution in [0.25, 0.3) is 0 Å². The van der Waals surface area contributed by atoms with E-state index in [1.165, 1.54) is 0 Å². The number of ether oxygens (including phenoxy) is 1. The summed E-state index contributed by atoms with van der Waals surface area (Å²) in [6.07, 6.45) is 0.353. The van der Waals surface area contributed by atoms with E-state index in [2.05, 4.69) is 5.32 Å². The van der Waals surface area contributed by atoms with Gasteiger partial charge in [0.05, 0.1) is 0 Å². The fourth-order valence-electron chi connectivity index (χ4n) is 3.62. The van der Waals surface area contributed by atoms with E-state index in [9.17, 15) is 9.59 Å². The molecule has 3 rings (SSSR count). The highest BCUT2D eigenvalue weighted by molar-refractivity contribution is 6.30. The second-order valence-corrected chi connectivity index (χ2v) is 10.2. The lowest BCUT2D eigenvalue weighted by molar-refractivity contribution is -0.143. The third-order valence-corrected chi connectivity index (χ3v) is 5.64. The first-order valence-electron chi connectivity index (χ1n) is 11.4. The first kappa shape index (κ1) is 26.6. The van der Waals surface area contributed by atoms with E-state index in [0.717, 1.165) is 11.1 Å². The van der Waals surface area contributed by atoms with Gasteiger partial charge in [-0.25, -0.2) is 0 Å². The van der Waals surface area contributed by atoms with Gasteiger partial charge in [-0.3, -0.25) is 9.59 Å². The van der Waals surface area contributed by atoms with Gasteiger partial charge in [0.15, 0.2) is 6.61 Å². The topological polar surface area (TPSA) is 58.6 Å². The Balaban J connectivity index is 1.93. The van der Waals surface area contributed by atoms with Crippen molar-refractivity contribution in [1.29, 1.82) is 0 Å². The Morgan fingerprint density at radius 1 is 0.886 bits per heavy atom. The Kier molecular flexibility index (Phi) is 9.19. The molecule has 0 saturated carbocycles. The lowest BCUT2D eigenvalue weighted by atomic mass is 10.0. The SMILES string of the molecule is CC(C)(C)NC(=O)C(Cc1ccccc1)N(Cc1cccc(Cl)c1)C(=O)COc1cccc(Cl)c1. The van der Waals surface area contributed by atoms with E-state index >= 15 is 0 Å². The average Bonchev–Trinajstić information content (AvgIpc) is 2.79. The van der Waals surface area contributed by atoms with Gasteiger partial charge < -0.3 is 15.0 Å². The molecular formula is C28H30Cl2N2O3. The van der Waals surface area contributed by atoms with Crippen LogP contribution in [0.15, 0.2) is 78.9 Å². The second-order valence-electron chi connectivity index (χ2n) is 9.34. The minimum atomic E-state index is -0.758. The lowest BCUT2D eigenvalue weighted by Gasteiger charge is -2.33. The summed E-state index contributed by atoms with van der Waals surface area (Å²) in [6, 6.07) is 23.0. The Labute approximate surface area is 217 Å². The predicted molar refractivity (Wildman–Crippen MR) is 141 cm³/mol. The summed E-state index contributed by atoms with van der Waals surface area (Å²) in [5, 5.41) is 4.11. The summed E-state index contributed by atoms with van der Waals surface area (Å²) in [7, 11) is 0. The maximum atomic E-state index is 13.5. The zero-order valence-electron chi connectivity index (χ0n) is 20.1. The molecule has 5 nitrogen and oxygen atoms in total. The van der Waals surface area contributed by atoms with Crippen LogP contribution in [0.5, 0.6) is 5.75 Å². The molecule has 1 atom stereocenters. The van der Waals surface area contributed by atoms with Crippen LogP contribution in [-0.4, -0.2) is 34.9 Å². The molecule has 0 fully saturated rings. The Morgan fingerprint density at radius 2 is 1.51 bits per heavy atom. The number of carbonyl (C=O) groups is 2. The molecule has 0 heterocycles. The van der Waals surface area contributed by atoms with Crippen molar-refractivity contribution < 1.29 is 14.3 Å². The molecule has 35 heavy (non-hydrogen) atoms. The van der Waals surface area contributed by atoms with E-state index < -0.39 is 11.6 Å². The van der Waals surface area contributed by atoms with Gasteiger partial charge in [0, 0.05) is 28.5 Å². The van der Waals surface area contributed by atoms with Gasteiger partial charge in [0.2, 0.25) is 5.91 Å². The molecule has 184 valence electrons. The summed E-state index contributed by atoms with van der Waals surface area (Å²) in [4.78, 5) is 28.6. The van der Waals surface area contributed by atoms with Gasteiger partial charge in [-0.05, 0) is 62.2 Å². The molecule has 0 aliphatic rings. The fraction of sp³-hybridized carbons (Fsp3) is 0.286. The Morgan fingerprint density at radius 3 is 2.14 bits per heavy atom. The molecule has 0 bridgehead atoms. The van der Waals surface area contributed by atoms with Gasteiger partial charge in [0.1, 0.15) is 11.8 Å². The highest BCUT2D eigenvalue weighted by Crippen LogP contribution is 2.20. The summed E-state index contributed by atoms with van der Waals surface area (Å²) in [5.74, 6) is -0.0817. The third kappa shape index (κ3) is 8.61. The molecule has 0 aliphatic heterocycles. The van der Waals surface area contributed by atoms with Crippen molar-refractivity contribution in [3.63, 3.8) is 0 Å². The predicted octanol–water partition coefficient (Wildman–Crippen LogP) is 5.93. The minimum absolute atomic E-state index is 0.202. The number of benzene rings is 3. The van der Waals surface area contributed by atoms with Crippen LogP contribution >= 0.6 is 23.2 Å². The molecule has 0 aromatic heterocycles. The van der Waals surface area contributed by atoms with Crippen LogP contribution in [0, 0.1) is 0 Å². The maximum absolute atomic E-state index is 13.5. The number of halogens is 2. The monoisotopic (exact) mass is 512 g/mol. The number of nitrogens with zero attached hydrogens (tertiary/aromatic N) is 1. The van der Waals surface area contributed by atoms with E-state index in [0.29, 0.717) is 22.2 Å². The van der Waals surface area contributed by atoms with E-state index in [1.54, 1.807) is 41.3 Å². The van der Waals surface area contributed by atoms with Gasteiger partial charge in [0.25, 0.3) is 5.91 Å². The molecule has 3 aromatic carbocycles. The summed E-state index contributed by atoms with van der Waals surface area (Å²) < 4.78 is 5.74. The van der Waals surface area contributed by atoms with Crippen LogP contribution < -0.4 is 10.1 Å². The van der Waals surface area contributed by atoms with Crippen LogP contribution in [0.2, 0.25) is 10.0 Å². The normalized spacial score (nSPS) is 12.0. The number of rotatable bonds is 9. The van der Waals surface area contributed by atoms with Gasteiger partial charge in [-0.15, -0.1) is 0 Å². The van der Waals surface area contributed by atoms with Crippen molar-refractivity contribution in [2.24, 2.45) is 0 Å². The molecule has 0 radical (unpaired) electrons. The highest BCUT2D eigenvalue weighted by atomic mass is 35.5. The summed E-state index contributed by atoms with van der Waals surface area (Å²) in [5.41, 5.74) is 1.30. The standard InChI is InChI=1S/C28H30Cl2N2O3/c1-28(2,3)31-27(34)25(16-20-9-5-4-6-10-20)32(18-21-11-7-12-22(29)15-21)26(33)19-35-24-14-8-13-23(30)17-24/h4-15,17,25H,16,18-19H2,1-3H3,(H,31,34). The molecule has 2 amide bonds. The number of carbonyl (C=O) groups excluding carboxylic acids is 2. The first-order valence-corrected chi connectivity index (χ1v) is 12.1. The summed E-state index contributed by atoms with van der Waals surface area (Å²) >= 11 is 12.3. The van der Waals surface area contributed by atoms with E-state index in [1.807, 2.05) is 63.2 Å². The number of hydrogen-bond donors (Lipinski definition) is 1. The number of nitrogens with one attached hydrogen (secondary N) is 1. The smallest absolute Gasteiger partial charge is 0.261 e. The van der Waals surface area contributed by atoms with Gasteiger partial charge in [-0.1, -0.05) is 71.7 Å². The van der Waals surface area contributed by atoms with Crippen molar-refractivity contribution in [3.05, 3.63) is 100 Å². The molecular weight excluding hydrogens is 483 g/mol. The molecule has 7 heteroatoms. The van der Waals surface area contributed by atoms with Crippen LogP contribution in [-0.2, 0) is 22.6 Å². The van der Waals surface area contributed by atoms with E-state index in [-0.39, 0.29) is 25.0 Å². The third-order valence-electron chi connectivity index (χ3n) is 5.17. The van der Waals surface area contributed by atoms with Crippen molar-refractivity contribution >= 4 is 35.0 Å². The molecule has 3 aromatic rings. The maximum Gasteiger partial charge on any atom is 0.261 e. The lowest BCUT2D eigenvalue weighted by Crippen LogP contribution is -2.55. The number of amides is 2. The van der Waals surface area contributed by atoms with Gasteiger partial charge in [-0.2, -0.15) is 0 Å². The van der Waals surface area contributed by atoms with Crippen LogP contribution in [0.4, 0.5) is 0 Å². The molecule has 0 spiro atoms. The average molecular weight is 513 g/mol. The molecule has 1 unspecified atom stereocenters. The zero-order chi connectivity index (χ0) is 25.4. The van der Waals surface area contributed by atoms with Gasteiger partial charge >= 0.3 is 0 Å². The minimum Gasteiger partial charge on any atom is -0.484 e. The second kappa shape index (κ2) is 12.1. The largest absolute Gasteiger partial charge is 0.484 e. The molecule has 0 saturated heterocycles. The van der Waals surface area contributed by atoms with Crippen molar-refractivity contribution in [2.75, 3.05) is 6.61 Å².